The van der Waals surface area contributed by atoms with Gasteiger partial charge in [0.05, 0.1) is 26.2 Å². The first-order valence-corrected chi connectivity index (χ1v) is 13.8. The maximum absolute atomic E-state index is 11.5. The summed E-state index contributed by atoms with van der Waals surface area (Å²) in [6, 6.07) is 16.5. The number of fused-ring (bicyclic) bond motifs is 1. The molecule has 0 amide bonds. The highest BCUT2D eigenvalue weighted by atomic mass is 16.5. The van der Waals surface area contributed by atoms with E-state index in [1.807, 2.05) is 18.2 Å². The Morgan fingerprint density at radius 3 is 2.33 bits per heavy atom. The van der Waals surface area contributed by atoms with E-state index in [0.29, 0.717) is 6.61 Å². The molecule has 39 heavy (non-hydrogen) atoms. The number of ether oxygens (including phenoxy) is 2. The van der Waals surface area contributed by atoms with Gasteiger partial charge < -0.3 is 24.8 Å². The summed E-state index contributed by atoms with van der Waals surface area (Å²) in [5, 5.41) is 28.0. The fourth-order valence-electron chi connectivity index (χ4n) is 6.27. The first-order chi connectivity index (χ1) is 18.7. The lowest BCUT2D eigenvalue weighted by atomic mass is 9.87. The van der Waals surface area contributed by atoms with Crippen LogP contribution in [0.5, 0.6) is 11.5 Å². The second-order valence-corrected chi connectivity index (χ2v) is 11.4. The third kappa shape index (κ3) is 5.54. The Morgan fingerprint density at radius 2 is 1.69 bits per heavy atom. The van der Waals surface area contributed by atoms with E-state index in [9.17, 15) is 20.1 Å². The summed E-state index contributed by atoms with van der Waals surface area (Å²) < 4.78 is 12.1. The Bertz CT molecular complexity index is 1350. The van der Waals surface area contributed by atoms with E-state index in [4.69, 9.17) is 9.47 Å². The minimum Gasteiger partial charge on any atom is -0.493 e. The highest BCUT2D eigenvalue weighted by Crippen LogP contribution is 2.64. The maximum atomic E-state index is 11.5. The van der Waals surface area contributed by atoms with Gasteiger partial charge in [-0.2, -0.15) is 0 Å². The van der Waals surface area contributed by atoms with E-state index in [2.05, 4.69) is 51.1 Å². The van der Waals surface area contributed by atoms with Crippen molar-refractivity contribution >= 4 is 5.97 Å². The predicted octanol–water partition coefficient (Wildman–Crippen LogP) is 5.73. The van der Waals surface area contributed by atoms with Crippen LogP contribution in [0.3, 0.4) is 0 Å². The summed E-state index contributed by atoms with van der Waals surface area (Å²) in [5.74, 6) is 0.651. The van der Waals surface area contributed by atoms with Crippen molar-refractivity contribution < 1.29 is 29.6 Å². The van der Waals surface area contributed by atoms with Crippen LogP contribution < -0.4 is 9.47 Å². The lowest BCUT2D eigenvalue weighted by molar-refractivity contribution is -0.137. The van der Waals surface area contributed by atoms with Gasteiger partial charge in [0.1, 0.15) is 18.1 Å². The van der Waals surface area contributed by atoms with Crippen molar-refractivity contribution in [2.75, 3.05) is 19.8 Å². The van der Waals surface area contributed by atoms with Gasteiger partial charge in [0.25, 0.3) is 0 Å². The Kier molecular flexibility index (Phi) is 7.70. The molecule has 0 radical (unpaired) electrons. The molecule has 1 spiro atoms. The van der Waals surface area contributed by atoms with Crippen LogP contribution in [0, 0.1) is 32.1 Å². The number of aliphatic hydroxyl groups is 2. The van der Waals surface area contributed by atoms with Crippen molar-refractivity contribution in [1.29, 1.82) is 0 Å². The highest BCUT2D eigenvalue weighted by Gasteiger charge is 2.54. The van der Waals surface area contributed by atoms with Gasteiger partial charge in [-0.1, -0.05) is 24.3 Å². The van der Waals surface area contributed by atoms with Gasteiger partial charge in [0, 0.05) is 11.8 Å². The monoisotopic (exact) mass is 530 g/mol. The maximum Gasteiger partial charge on any atom is 0.303 e. The van der Waals surface area contributed by atoms with Crippen LogP contribution in [0.25, 0.3) is 11.1 Å². The molecule has 6 nitrogen and oxygen atoms in total. The number of aliphatic carboxylic acids is 1. The molecule has 0 saturated heterocycles. The second kappa shape index (κ2) is 11.0. The number of benzene rings is 3. The van der Waals surface area contributed by atoms with Crippen LogP contribution in [-0.4, -0.2) is 41.1 Å². The number of carboxylic acids is 1. The number of hydrogen-bond acceptors (Lipinski definition) is 5. The van der Waals surface area contributed by atoms with Gasteiger partial charge in [-0.3, -0.25) is 4.79 Å². The third-order valence-electron chi connectivity index (χ3n) is 8.66. The summed E-state index contributed by atoms with van der Waals surface area (Å²) in [4.78, 5) is 11.5. The number of rotatable bonds is 11. The smallest absolute Gasteiger partial charge is 0.303 e. The summed E-state index contributed by atoms with van der Waals surface area (Å²) in [6.45, 7) is 6.76. The zero-order chi connectivity index (χ0) is 27.7. The number of carboxylic acid groups (broad SMARTS) is 1. The highest BCUT2D eigenvalue weighted by molar-refractivity contribution is 5.75. The summed E-state index contributed by atoms with van der Waals surface area (Å²) in [7, 11) is 0. The minimum absolute atomic E-state index is 0.113. The molecule has 0 aromatic heterocycles. The molecule has 2 aliphatic carbocycles. The summed E-state index contributed by atoms with van der Waals surface area (Å²) in [5.41, 5.74) is 9.36. The molecule has 1 saturated carbocycles. The largest absolute Gasteiger partial charge is 0.493 e. The molecule has 6 heteroatoms. The number of hydrogen-bond donors (Lipinski definition) is 3. The lowest BCUT2D eigenvalue weighted by Gasteiger charge is -2.19. The zero-order valence-electron chi connectivity index (χ0n) is 23.0. The van der Waals surface area contributed by atoms with Crippen LogP contribution in [0.4, 0.5) is 0 Å². The second-order valence-electron chi connectivity index (χ2n) is 11.4. The fraction of sp³-hybridized carbons (Fsp3) is 0.424. The van der Waals surface area contributed by atoms with Crippen LogP contribution in [0.1, 0.15) is 58.6 Å². The molecule has 1 unspecified atom stereocenters. The van der Waals surface area contributed by atoms with Crippen molar-refractivity contribution in [2.45, 2.75) is 59.0 Å². The predicted molar refractivity (Wildman–Crippen MR) is 150 cm³/mol. The zero-order valence-corrected chi connectivity index (χ0v) is 23.0. The fourth-order valence-corrected chi connectivity index (χ4v) is 6.27. The molecular formula is C33H38O6. The molecule has 5 rings (SSSR count). The van der Waals surface area contributed by atoms with Gasteiger partial charge in [-0.15, -0.1) is 0 Å². The molecule has 206 valence electrons. The van der Waals surface area contributed by atoms with E-state index in [-0.39, 0.29) is 43.5 Å². The van der Waals surface area contributed by atoms with Gasteiger partial charge in [0.15, 0.2) is 0 Å². The molecule has 1 fully saturated rings. The summed E-state index contributed by atoms with van der Waals surface area (Å²) in [6.07, 6.45) is 3.38. The Balaban J connectivity index is 1.32. The normalized spacial score (nSPS) is 16.9. The van der Waals surface area contributed by atoms with Crippen molar-refractivity contribution in [1.82, 2.24) is 0 Å². The molecular weight excluding hydrogens is 492 g/mol. The van der Waals surface area contributed by atoms with Gasteiger partial charge in [-0.05, 0) is 114 Å². The Morgan fingerprint density at radius 1 is 0.974 bits per heavy atom. The van der Waals surface area contributed by atoms with Gasteiger partial charge >= 0.3 is 5.97 Å². The van der Waals surface area contributed by atoms with Crippen molar-refractivity contribution in [3.8, 4) is 22.6 Å². The van der Waals surface area contributed by atoms with Crippen LogP contribution in [-0.2, 0) is 17.8 Å². The first kappa shape index (κ1) is 27.2. The minimum atomic E-state index is -0.723. The average molecular weight is 531 g/mol. The Labute approximate surface area is 230 Å². The molecule has 2 aliphatic rings. The molecule has 3 aromatic rings. The van der Waals surface area contributed by atoms with Gasteiger partial charge in [-0.25, -0.2) is 0 Å². The standard InChI is InChI=1S/C33H38O6/c1-20-11-27(38-18-23(16-34)17-35)12-21(2)32(20)28-6-4-5-24(22(28)3)19-39-26-7-8-29-25(13-26)15-33(9-10-33)30(29)14-31(36)37/h4-8,11-13,23,30,34-35H,9-10,14-19H2,1-3H3,(H,36,37). The molecule has 0 aliphatic heterocycles. The molecule has 3 aromatic carbocycles. The number of carbonyl (C=O) groups is 1. The quantitative estimate of drug-likeness (QED) is 0.293. The molecule has 0 heterocycles. The van der Waals surface area contributed by atoms with E-state index < -0.39 is 5.97 Å². The number of aryl methyl sites for hydroxylation is 2. The molecule has 3 N–H and O–H groups in total. The Hall–Kier alpha value is -3.35. The lowest BCUT2D eigenvalue weighted by Crippen LogP contribution is -2.19. The van der Waals surface area contributed by atoms with Crippen molar-refractivity contribution in [3.63, 3.8) is 0 Å². The van der Waals surface area contributed by atoms with E-state index in [0.717, 1.165) is 58.6 Å². The average Bonchev–Trinajstić information content (AvgIpc) is 3.61. The first-order valence-electron chi connectivity index (χ1n) is 13.8. The van der Waals surface area contributed by atoms with Gasteiger partial charge in [0.2, 0.25) is 0 Å². The van der Waals surface area contributed by atoms with Crippen LogP contribution in [0.2, 0.25) is 0 Å². The van der Waals surface area contributed by atoms with Crippen molar-refractivity contribution in [3.05, 3.63) is 81.9 Å². The topological polar surface area (TPSA) is 96.2 Å². The van der Waals surface area contributed by atoms with Crippen LogP contribution in [0.15, 0.2) is 48.5 Å². The van der Waals surface area contributed by atoms with E-state index in [1.165, 1.54) is 16.7 Å². The molecule has 0 bridgehead atoms. The van der Waals surface area contributed by atoms with E-state index >= 15 is 0 Å². The number of aliphatic hydroxyl groups excluding tert-OH is 2. The third-order valence-corrected chi connectivity index (χ3v) is 8.66. The van der Waals surface area contributed by atoms with E-state index in [1.54, 1.807) is 0 Å². The molecule has 1 atom stereocenters. The summed E-state index contributed by atoms with van der Waals surface area (Å²) >= 11 is 0. The van der Waals surface area contributed by atoms with Crippen molar-refractivity contribution in [2.24, 2.45) is 11.3 Å². The van der Waals surface area contributed by atoms with Crippen LogP contribution >= 0.6 is 0 Å². The SMILES string of the molecule is Cc1cc(OCC(CO)CO)cc(C)c1-c1cccc(COc2ccc3c(c2)CC2(CC2)C3CC(=O)O)c1C.